The second kappa shape index (κ2) is 6.80. The number of hydrogen-bond donors (Lipinski definition) is 3. The molecule has 108 valence electrons. The highest BCUT2D eigenvalue weighted by atomic mass is 79.9. The molecule has 3 N–H and O–H groups in total. The summed E-state index contributed by atoms with van der Waals surface area (Å²) in [6.07, 6.45) is 2.99. The Labute approximate surface area is 128 Å². The van der Waals surface area contributed by atoms with Crippen molar-refractivity contribution < 1.29 is 14.7 Å². The molecule has 8 heteroatoms. The molecule has 2 amide bonds. The molecule has 1 aromatic carbocycles. The van der Waals surface area contributed by atoms with Crippen molar-refractivity contribution in [2.75, 3.05) is 5.32 Å². The van der Waals surface area contributed by atoms with E-state index in [0.717, 1.165) is 0 Å². The van der Waals surface area contributed by atoms with Crippen LogP contribution >= 0.6 is 15.9 Å². The van der Waals surface area contributed by atoms with Gasteiger partial charge in [0.2, 0.25) is 0 Å². The Bertz CT molecular complexity index is 664. The number of carbonyl (C=O) groups excluding carboxylic acids is 1. The fraction of sp³-hybridized carbons (Fsp3) is 0.0769. The van der Waals surface area contributed by atoms with Gasteiger partial charge in [-0.2, -0.15) is 0 Å². The van der Waals surface area contributed by atoms with Crippen LogP contribution < -0.4 is 10.6 Å². The average molecular weight is 351 g/mol. The first-order valence-electron chi connectivity index (χ1n) is 5.89. The summed E-state index contributed by atoms with van der Waals surface area (Å²) < 4.78 is 0.486. The molecule has 0 atom stereocenters. The van der Waals surface area contributed by atoms with Crippen LogP contribution in [-0.2, 0) is 6.54 Å². The number of carbonyl (C=O) groups is 2. The number of benzene rings is 1. The van der Waals surface area contributed by atoms with Gasteiger partial charge < -0.3 is 15.7 Å². The third-order valence-electron chi connectivity index (χ3n) is 2.54. The Morgan fingerprint density at radius 1 is 1.29 bits per heavy atom. The molecule has 21 heavy (non-hydrogen) atoms. The summed E-state index contributed by atoms with van der Waals surface area (Å²) in [5.74, 6) is -1.03. The molecule has 0 radical (unpaired) electrons. The third-order valence-corrected chi connectivity index (χ3v) is 3.19. The van der Waals surface area contributed by atoms with Crippen molar-refractivity contribution in [1.29, 1.82) is 0 Å². The van der Waals surface area contributed by atoms with Gasteiger partial charge in [0.25, 0.3) is 0 Å². The third kappa shape index (κ3) is 4.25. The number of hydrogen-bond acceptors (Lipinski definition) is 4. The van der Waals surface area contributed by atoms with E-state index in [1.165, 1.54) is 24.5 Å². The Balaban J connectivity index is 1.95. The molecule has 0 fully saturated rings. The number of nitrogens with one attached hydrogen (secondary N) is 2. The molecule has 0 unspecified atom stereocenters. The van der Waals surface area contributed by atoms with Crippen molar-refractivity contribution in [1.82, 2.24) is 15.3 Å². The summed E-state index contributed by atoms with van der Waals surface area (Å²) in [6.45, 7) is 0.263. The van der Waals surface area contributed by atoms with Crippen LogP contribution in [0.25, 0.3) is 0 Å². The summed E-state index contributed by atoms with van der Waals surface area (Å²) in [7, 11) is 0. The zero-order valence-corrected chi connectivity index (χ0v) is 12.3. The quantitative estimate of drug-likeness (QED) is 0.784. The van der Waals surface area contributed by atoms with Gasteiger partial charge in [0.05, 0.1) is 23.5 Å². The van der Waals surface area contributed by atoms with Crippen molar-refractivity contribution in [3.05, 3.63) is 52.5 Å². The highest BCUT2D eigenvalue weighted by Crippen LogP contribution is 2.23. The number of rotatable bonds is 4. The molecule has 0 aliphatic carbocycles. The zero-order valence-electron chi connectivity index (χ0n) is 10.7. The Hall–Kier alpha value is -2.48. The number of aromatic carboxylic acids is 1. The van der Waals surface area contributed by atoms with Gasteiger partial charge in [0, 0.05) is 10.7 Å². The lowest BCUT2D eigenvalue weighted by atomic mass is 10.2. The fourth-order valence-electron chi connectivity index (χ4n) is 1.51. The van der Waals surface area contributed by atoms with Crippen LogP contribution in [0.1, 0.15) is 16.1 Å². The van der Waals surface area contributed by atoms with E-state index >= 15 is 0 Å². The van der Waals surface area contributed by atoms with Crippen LogP contribution in [-0.4, -0.2) is 27.1 Å². The van der Waals surface area contributed by atoms with Gasteiger partial charge in [-0.15, -0.1) is 0 Å². The maximum Gasteiger partial charge on any atom is 0.335 e. The van der Waals surface area contributed by atoms with Crippen LogP contribution in [0.3, 0.4) is 0 Å². The molecule has 2 rings (SSSR count). The predicted molar refractivity (Wildman–Crippen MR) is 79.0 cm³/mol. The van der Waals surface area contributed by atoms with E-state index in [9.17, 15) is 9.59 Å². The van der Waals surface area contributed by atoms with Crippen LogP contribution in [0.15, 0.2) is 41.3 Å². The number of carboxylic acids is 1. The van der Waals surface area contributed by atoms with E-state index in [1.807, 2.05) is 0 Å². The molecule has 0 saturated heterocycles. The van der Waals surface area contributed by atoms with Gasteiger partial charge in [0.15, 0.2) is 0 Å². The van der Waals surface area contributed by atoms with Crippen molar-refractivity contribution in [3.8, 4) is 0 Å². The van der Waals surface area contributed by atoms with Crippen molar-refractivity contribution in [2.24, 2.45) is 0 Å². The Morgan fingerprint density at radius 3 is 2.71 bits per heavy atom. The molecule has 0 spiro atoms. The molecule has 0 saturated carbocycles. The number of urea groups is 1. The standard InChI is InChI=1S/C13H11BrN4O3/c14-10-5-8(12(19)20)1-2-11(10)18-13(21)16-6-9-3-4-15-7-17-9/h1-5,7H,6H2,(H,19,20)(H2,16,18,21). The minimum absolute atomic E-state index is 0.133. The highest BCUT2D eigenvalue weighted by Gasteiger charge is 2.09. The van der Waals surface area contributed by atoms with E-state index in [4.69, 9.17) is 5.11 Å². The van der Waals surface area contributed by atoms with Crippen LogP contribution in [0, 0.1) is 0 Å². The molecule has 0 aliphatic rings. The minimum Gasteiger partial charge on any atom is -0.478 e. The minimum atomic E-state index is -1.03. The van der Waals surface area contributed by atoms with E-state index < -0.39 is 12.0 Å². The van der Waals surface area contributed by atoms with E-state index in [1.54, 1.807) is 12.3 Å². The summed E-state index contributed by atoms with van der Waals surface area (Å²) in [6, 6.07) is 5.61. The normalized spacial score (nSPS) is 9.95. The van der Waals surface area contributed by atoms with E-state index in [2.05, 4.69) is 36.5 Å². The van der Waals surface area contributed by atoms with Crippen molar-refractivity contribution >= 4 is 33.6 Å². The second-order valence-corrected chi connectivity index (χ2v) is 4.86. The largest absolute Gasteiger partial charge is 0.478 e. The molecule has 2 aromatic rings. The lowest BCUT2D eigenvalue weighted by Gasteiger charge is -2.09. The number of amides is 2. The molecule has 1 heterocycles. The van der Waals surface area contributed by atoms with Crippen LogP contribution in [0.4, 0.5) is 10.5 Å². The van der Waals surface area contributed by atoms with E-state index in [0.29, 0.717) is 15.9 Å². The summed E-state index contributed by atoms with van der Waals surface area (Å²) in [5, 5.41) is 14.1. The molecule has 0 aliphatic heterocycles. The number of nitrogens with zero attached hydrogens (tertiary/aromatic N) is 2. The summed E-state index contributed by atoms with van der Waals surface area (Å²) >= 11 is 3.21. The van der Waals surface area contributed by atoms with Crippen LogP contribution in [0.2, 0.25) is 0 Å². The van der Waals surface area contributed by atoms with Crippen molar-refractivity contribution in [2.45, 2.75) is 6.54 Å². The summed E-state index contributed by atoms with van der Waals surface area (Å²) in [4.78, 5) is 30.3. The smallest absolute Gasteiger partial charge is 0.335 e. The number of aromatic nitrogens is 2. The van der Waals surface area contributed by atoms with Crippen LogP contribution in [0.5, 0.6) is 0 Å². The molecule has 0 bridgehead atoms. The zero-order chi connectivity index (χ0) is 15.2. The molecular formula is C13H11BrN4O3. The predicted octanol–water partition coefficient (Wildman–Crippen LogP) is 2.26. The first-order valence-corrected chi connectivity index (χ1v) is 6.68. The first-order chi connectivity index (χ1) is 10.1. The average Bonchev–Trinajstić information content (AvgIpc) is 2.48. The Morgan fingerprint density at radius 2 is 2.10 bits per heavy atom. The van der Waals surface area contributed by atoms with Gasteiger partial charge in [0.1, 0.15) is 6.33 Å². The second-order valence-electron chi connectivity index (χ2n) is 4.01. The lowest BCUT2D eigenvalue weighted by molar-refractivity contribution is 0.0697. The number of carboxylic acid groups (broad SMARTS) is 1. The lowest BCUT2D eigenvalue weighted by Crippen LogP contribution is -2.28. The number of halogens is 1. The first kappa shape index (κ1) is 14.9. The topological polar surface area (TPSA) is 104 Å². The SMILES string of the molecule is O=C(NCc1ccncn1)Nc1ccc(C(=O)O)cc1Br. The number of anilines is 1. The van der Waals surface area contributed by atoms with Gasteiger partial charge in [-0.1, -0.05) is 0 Å². The van der Waals surface area contributed by atoms with Gasteiger partial charge >= 0.3 is 12.0 Å². The highest BCUT2D eigenvalue weighted by molar-refractivity contribution is 9.10. The monoisotopic (exact) mass is 350 g/mol. The summed E-state index contributed by atoms with van der Waals surface area (Å²) in [5.41, 5.74) is 1.29. The molecular weight excluding hydrogens is 340 g/mol. The Kier molecular flexibility index (Phi) is 4.83. The fourth-order valence-corrected chi connectivity index (χ4v) is 1.99. The maximum atomic E-state index is 11.8. The molecule has 7 nitrogen and oxygen atoms in total. The van der Waals surface area contributed by atoms with E-state index in [-0.39, 0.29) is 12.1 Å². The maximum absolute atomic E-state index is 11.8. The van der Waals surface area contributed by atoms with Gasteiger partial charge in [-0.3, -0.25) is 0 Å². The van der Waals surface area contributed by atoms with Crippen molar-refractivity contribution in [3.63, 3.8) is 0 Å². The molecule has 1 aromatic heterocycles. The van der Waals surface area contributed by atoms with Gasteiger partial charge in [-0.05, 0) is 40.2 Å². The van der Waals surface area contributed by atoms with Gasteiger partial charge in [-0.25, -0.2) is 19.6 Å².